The lowest BCUT2D eigenvalue weighted by Gasteiger charge is -2.22. The third-order valence-electron chi connectivity index (χ3n) is 2.23. The Labute approximate surface area is 81.2 Å². The van der Waals surface area contributed by atoms with Gasteiger partial charge in [-0.1, -0.05) is 34.1 Å². The number of aryl methyl sites for hydroxylation is 1. The zero-order valence-corrected chi connectivity index (χ0v) is 9.09. The molecule has 1 heteroatoms. The maximum atomic E-state index is 4.18. The minimum Gasteiger partial charge on any atom is -0.264 e. The fourth-order valence-electron chi connectivity index (χ4n) is 1.63. The third kappa shape index (κ3) is 2.55. The van der Waals surface area contributed by atoms with Gasteiger partial charge >= 0.3 is 0 Å². The molecule has 0 bridgehead atoms. The molecule has 0 atom stereocenters. The number of pyridine rings is 1. The predicted molar refractivity (Wildman–Crippen MR) is 56.9 cm³/mol. The SMILES string of the molecule is CCCc1cnccc1C(C)(C)C. The molecule has 0 radical (unpaired) electrons. The molecule has 1 aromatic heterocycles. The lowest BCUT2D eigenvalue weighted by atomic mass is 9.84. The number of hydrogen-bond donors (Lipinski definition) is 0. The minimum atomic E-state index is 0.243. The molecule has 0 fully saturated rings. The summed E-state index contributed by atoms with van der Waals surface area (Å²) in [6, 6.07) is 2.14. The van der Waals surface area contributed by atoms with Crippen LogP contribution in [-0.4, -0.2) is 4.98 Å². The molecule has 0 saturated heterocycles. The number of hydrogen-bond acceptors (Lipinski definition) is 1. The summed E-state index contributed by atoms with van der Waals surface area (Å²) >= 11 is 0. The highest BCUT2D eigenvalue weighted by Crippen LogP contribution is 2.25. The molecule has 1 aromatic rings. The van der Waals surface area contributed by atoms with Crippen LogP contribution in [0.2, 0.25) is 0 Å². The fraction of sp³-hybridized carbons (Fsp3) is 0.583. The van der Waals surface area contributed by atoms with Crippen LogP contribution < -0.4 is 0 Å². The van der Waals surface area contributed by atoms with Gasteiger partial charge in [0.25, 0.3) is 0 Å². The summed E-state index contributed by atoms with van der Waals surface area (Å²) in [5.74, 6) is 0. The lowest BCUT2D eigenvalue weighted by molar-refractivity contribution is 0.580. The maximum Gasteiger partial charge on any atom is 0.0302 e. The van der Waals surface area contributed by atoms with Crippen LogP contribution in [0.5, 0.6) is 0 Å². The van der Waals surface area contributed by atoms with E-state index in [0.29, 0.717) is 0 Å². The Kier molecular flexibility index (Phi) is 3.07. The van der Waals surface area contributed by atoms with Crippen molar-refractivity contribution in [3.63, 3.8) is 0 Å². The topological polar surface area (TPSA) is 12.9 Å². The predicted octanol–water partition coefficient (Wildman–Crippen LogP) is 3.33. The molecule has 1 heterocycles. The van der Waals surface area contributed by atoms with E-state index >= 15 is 0 Å². The lowest BCUT2D eigenvalue weighted by Crippen LogP contribution is -2.14. The molecule has 1 rings (SSSR count). The molecule has 0 N–H and O–H groups in total. The summed E-state index contributed by atoms with van der Waals surface area (Å²) in [4.78, 5) is 4.18. The van der Waals surface area contributed by atoms with Crippen molar-refractivity contribution >= 4 is 0 Å². The van der Waals surface area contributed by atoms with E-state index in [4.69, 9.17) is 0 Å². The minimum absolute atomic E-state index is 0.243. The second-order valence-corrected chi connectivity index (χ2v) is 4.53. The molecule has 0 amide bonds. The van der Waals surface area contributed by atoms with Crippen LogP contribution in [0.25, 0.3) is 0 Å². The molecule has 0 aliphatic rings. The van der Waals surface area contributed by atoms with E-state index in [1.807, 2.05) is 12.4 Å². The summed E-state index contributed by atoms with van der Waals surface area (Å²) in [5.41, 5.74) is 3.08. The molecule has 0 aliphatic heterocycles. The average Bonchev–Trinajstić information content (AvgIpc) is 2.04. The van der Waals surface area contributed by atoms with Crippen LogP contribution in [0.4, 0.5) is 0 Å². The van der Waals surface area contributed by atoms with E-state index < -0.39 is 0 Å². The highest BCUT2D eigenvalue weighted by atomic mass is 14.6. The molecule has 0 aromatic carbocycles. The highest BCUT2D eigenvalue weighted by molar-refractivity contribution is 5.29. The van der Waals surface area contributed by atoms with Gasteiger partial charge in [0.15, 0.2) is 0 Å². The van der Waals surface area contributed by atoms with Crippen LogP contribution in [0.1, 0.15) is 45.2 Å². The smallest absolute Gasteiger partial charge is 0.0302 e. The summed E-state index contributed by atoms with van der Waals surface area (Å²) in [6.07, 6.45) is 6.22. The van der Waals surface area contributed by atoms with E-state index in [-0.39, 0.29) is 5.41 Å². The van der Waals surface area contributed by atoms with Gasteiger partial charge in [0.05, 0.1) is 0 Å². The maximum absolute atomic E-state index is 4.18. The van der Waals surface area contributed by atoms with Gasteiger partial charge in [0.2, 0.25) is 0 Å². The van der Waals surface area contributed by atoms with Crippen LogP contribution >= 0.6 is 0 Å². The van der Waals surface area contributed by atoms with Crippen molar-refractivity contribution in [3.8, 4) is 0 Å². The van der Waals surface area contributed by atoms with Crippen molar-refractivity contribution in [2.45, 2.75) is 46.0 Å². The van der Waals surface area contributed by atoms with E-state index in [0.717, 1.165) is 6.42 Å². The summed E-state index contributed by atoms with van der Waals surface area (Å²) in [7, 11) is 0. The summed E-state index contributed by atoms with van der Waals surface area (Å²) < 4.78 is 0. The molecule has 1 nitrogen and oxygen atoms in total. The molecule has 0 unspecified atom stereocenters. The number of nitrogens with zero attached hydrogens (tertiary/aromatic N) is 1. The largest absolute Gasteiger partial charge is 0.264 e. The molecule has 0 saturated carbocycles. The first-order valence-corrected chi connectivity index (χ1v) is 4.99. The molecule has 0 spiro atoms. The van der Waals surface area contributed by atoms with Crippen molar-refractivity contribution in [1.29, 1.82) is 0 Å². The average molecular weight is 177 g/mol. The van der Waals surface area contributed by atoms with Crippen molar-refractivity contribution in [2.24, 2.45) is 0 Å². The molecule has 0 aliphatic carbocycles. The Hall–Kier alpha value is -0.850. The Morgan fingerprint density at radius 1 is 1.31 bits per heavy atom. The van der Waals surface area contributed by atoms with Gasteiger partial charge in [0.1, 0.15) is 0 Å². The van der Waals surface area contributed by atoms with Crippen molar-refractivity contribution < 1.29 is 0 Å². The summed E-state index contributed by atoms with van der Waals surface area (Å²) in [6.45, 7) is 8.96. The van der Waals surface area contributed by atoms with Gasteiger partial charge in [-0.3, -0.25) is 4.98 Å². The van der Waals surface area contributed by atoms with E-state index in [1.165, 1.54) is 17.5 Å². The Morgan fingerprint density at radius 2 is 2.00 bits per heavy atom. The zero-order valence-electron chi connectivity index (χ0n) is 9.09. The van der Waals surface area contributed by atoms with Crippen molar-refractivity contribution in [2.75, 3.05) is 0 Å². The Morgan fingerprint density at radius 3 is 2.54 bits per heavy atom. The normalized spacial score (nSPS) is 11.7. The molecular formula is C12H19N. The van der Waals surface area contributed by atoms with Gasteiger partial charge in [-0.25, -0.2) is 0 Å². The van der Waals surface area contributed by atoms with E-state index in [9.17, 15) is 0 Å². The summed E-state index contributed by atoms with van der Waals surface area (Å²) in [5, 5.41) is 0. The van der Waals surface area contributed by atoms with Crippen molar-refractivity contribution in [1.82, 2.24) is 4.98 Å². The Bertz CT molecular complexity index is 271. The fourth-order valence-corrected chi connectivity index (χ4v) is 1.63. The molecule has 72 valence electrons. The van der Waals surface area contributed by atoms with Gasteiger partial charge < -0.3 is 0 Å². The van der Waals surface area contributed by atoms with Crippen LogP contribution in [0, 0.1) is 0 Å². The monoisotopic (exact) mass is 177 g/mol. The second kappa shape index (κ2) is 3.91. The van der Waals surface area contributed by atoms with Crippen LogP contribution in [-0.2, 0) is 11.8 Å². The Balaban J connectivity index is 3.05. The van der Waals surface area contributed by atoms with Crippen LogP contribution in [0.15, 0.2) is 18.5 Å². The van der Waals surface area contributed by atoms with Crippen LogP contribution in [0.3, 0.4) is 0 Å². The van der Waals surface area contributed by atoms with E-state index in [2.05, 4.69) is 38.7 Å². The first-order valence-electron chi connectivity index (χ1n) is 4.99. The number of aromatic nitrogens is 1. The third-order valence-corrected chi connectivity index (χ3v) is 2.23. The first kappa shape index (κ1) is 10.2. The molecule has 13 heavy (non-hydrogen) atoms. The van der Waals surface area contributed by atoms with Gasteiger partial charge in [0, 0.05) is 12.4 Å². The first-order chi connectivity index (χ1) is 6.05. The van der Waals surface area contributed by atoms with E-state index in [1.54, 1.807) is 0 Å². The van der Waals surface area contributed by atoms with Crippen molar-refractivity contribution in [3.05, 3.63) is 29.6 Å². The van der Waals surface area contributed by atoms with Gasteiger partial charge in [-0.15, -0.1) is 0 Å². The van der Waals surface area contributed by atoms with Gasteiger partial charge in [-0.2, -0.15) is 0 Å². The quantitative estimate of drug-likeness (QED) is 0.675. The number of rotatable bonds is 2. The molecular weight excluding hydrogens is 158 g/mol. The zero-order chi connectivity index (χ0) is 9.90. The standard InChI is InChI=1S/C12H19N/c1-5-6-10-9-13-8-7-11(10)12(2,3)4/h7-9H,5-6H2,1-4H3. The highest BCUT2D eigenvalue weighted by Gasteiger charge is 2.16. The second-order valence-electron chi connectivity index (χ2n) is 4.53. The van der Waals surface area contributed by atoms with Gasteiger partial charge in [-0.05, 0) is 29.0 Å².